The van der Waals surface area contributed by atoms with Gasteiger partial charge < -0.3 is 25.6 Å². The van der Waals surface area contributed by atoms with E-state index in [1.54, 1.807) is 31.2 Å². The van der Waals surface area contributed by atoms with Crippen LogP contribution in [-0.4, -0.2) is 56.5 Å². The first kappa shape index (κ1) is 24.4. The predicted molar refractivity (Wildman–Crippen MR) is 131 cm³/mol. The summed E-state index contributed by atoms with van der Waals surface area (Å²) in [6, 6.07) is 15.2. The quantitative estimate of drug-likeness (QED) is 0.297. The highest BCUT2D eigenvalue weighted by molar-refractivity contribution is 14.0. The summed E-state index contributed by atoms with van der Waals surface area (Å²) in [6.45, 7) is 2.35. The lowest BCUT2D eigenvalue weighted by Crippen LogP contribution is -2.49. The van der Waals surface area contributed by atoms with Gasteiger partial charge in [0.2, 0.25) is 5.91 Å². The molecule has 2 aromatic rings. The minimum absolute atomic E-state index is 0. The predicted octanol–water partition coefficient (Wildman–Crippen LogP) is 1.75. The van der Waals surface area contributed by atoms with Crippen LogP contribution in [-0.2, 0) is 17.9 Å². The number of amides is 2. The Morgan fingerprint density at radius 2 is 1.65 bits per heavy atom. The van der Waals surface area contributed by atoms with Gasteiger partial charge in [0.1, 0.15) is 5.75 Å². The molecule has 0 saturated carbocycles. The molecule has 9 heteroatoms. The van der Waals surface area contributed by atoms with Crippen molar-refractivity contribution in [2.75, 3.05) is 33.8 Å². The number of rotatable bonds is 6. The van der Waals surface area contributed by atoms with E-state index in [0.717, 1.165) is 16.9 Å². The number of nitrogens with zero attached hydrogens (tertiary/aromatic N) is 2. The Bertz CT molecular complexity index is 900. The van der Waals surface area contributed by atoms with Crippen LogP contribution in [0.3, 0.4) is 0 Å². The Morgan fingerprint density at radius 1 is 1.06 bits per heavy atom. The Labute approximate surface area is 199 Å². The maximum atomic E-state index is 12.5. The van der Waals surface area contributed by atoms with Gasteiger partial charge in [0, 0.05) is 38.8 Å². The van der Waals surface area contributed by atoms with Gasteiger partial charge in [-0.3, -0.25) is 14.6 Å². The third-order valence-electron chi connectivity index (χ3n) is 4.83. The van der Waals surface area contributed by atoms with Crippen LogP contribution in [0.1, 0.15) is 21.5 Å². The van der Waals surface area contributed by atoms with E-state index in [1.807, 2.05) is 36.4 Å². The van der Waals surface area contributed by atoms with Crippen LogP contribution in [0.5, 0.6) is 5.75 Å². The second-order valence-electron chi connectivity index (χ2n) is 6.90. The number of halogens is 1. The molecule has 2 aromatic carbocycles. The van der Waals surface area contributed by atoms with Crippen molar-refractivity contribution in [3.05, 3.63) is 65.2 Å². The van der Waals surface area contributed by atoms with Gasteiger partial charge >= 0.3 is 0 Å². The Balaban J connectivity index is 0.00000341. The molecule has 31 heavy (non-hydrogen) atoms. The van der Waals surface area contributed by atoms with Gasteiger partial charge in [0.15, 0.2) is 5.96 Å². The molecule has 0 aromatic heterocycles. The Hall–Kier alpha value is -2.82. The summed E-state index contributed by atoms with van der Waals surface area (Å²) in [4.78, 5) is 29.8. The maximum Gasteiger partial charge on any atom is 0.254 e. The topological polar surface area (TPSA) is 95.1 Å². The molecule has 0 aliphatic carbocycles. The summed E-state index contributed by atoms with van der Waals surface area (Å²) in [5.41, 5.74) is 2.72. The first-order valence-corrected chi connectivity index (χ1v) is 9.81. The summed E-state index contributed by atoms with van der Waals surface area (Å²) in [6.07, 6.45) is 0. The lowest BCUT2D eigenvalue weighted by molar-refractivity contribution is -0.123. The normalized spacial score (nSPS) is 13.7. The number of hydrogen-bond donors (Lipinski definition) is 3. The van der Waals surface area contributed by atoms with Crippen LogP contribution < -0.4 is 20.7 Å². The van der Waals surface area contributed by atoms with Crippen molar-refractivity contribution in [1.82, 2.24) is 20.9 Å². The Kier molecular flexibility index (Phi) is 9.57. The molecule has 166 valence electrons. The highest BCUT2D eigenvalue weighted by Gasteiger charge is 2.22. The van der Waals surface area contributed by atoms with E-state index in [4.69, 9.17) is 4.74 Å². The summed E-state index contributed by atoms with van der Waals surface area (Å²) >= 11 is 0. The summed E-state index contributed by atoms with van der Waals surface area (Å²) in [7, 11) is 3.37. The lowest BCUT2D eigenvalue weighted by atomic mass is 10.1. The highest BCUT2D eigenvalue weighted by atomic mass is 127. The molecule has 1 aliphatic rings. The molecular formula is C22H28IN5O3. The standard InChI is InChI=1S/C22H27N5O3.HI/c1-23-22(26-14-17-5-9-19(30-2)10-6-17)25-13-16-3-7-18(8-4-16)21(29)27-12-11-24-20(28)15-27;/h3-10H,11-15H2,1-2H3,(H,24,28)(H2,23,25,26);1H. The number of ether oxygens (including phenoxy) is 1. The number of guanidine groups is 1. The van der Waals surface area contributed by atoms with E-state index in [-0.39, 0.29) is 42.3 Å². The Morgan fingerprint density at radius 3 is 2.16 bits per heavy atom. The van der Waals surface area contributed by atoms with E-state index in [0.29, 0.717) is 37.7 Å². The molecule has 3 N–H and O–H groups in total. The third kappa shape index (κ3) is 7.12. The van der Waals surface area contributed by atoms with Gasteiger partial charge in [-0.1, -0.05) is 24.3 Å². The fourth-order valence-electron chi connectivity index (χ4n) is 3.10. The largest absolute Gasteiger partial charge is 0.497 e. The number of carbonyl (C=O) groups excluding carboxylic acids is 2. The van der Waals surface area contributed by atoms with Crippen LogP contribution in [0, 0.1) is 0 Å². The van der Waals surface area contributed by atoms with Gasteiger partial charge in [-0.2, -0.15) is 0 Å². The van der Waals surface area contributed by atoms with Gasteiger partial charge in [-0.15, -0.1) is 24.0 Å². The molecule has 2 amide bonds. The number of benzene rings is 2. The molecule has 0 atom stereocenters. The van der Waals surface area contributed by atoms with Crippen LogP contribution in [0.2, 0.25) is 0 Å². The number of carbonyl (C=O) groups is 2. The highest BCUT2D eigenvalue weighted by Crippen LogP contribution is 2.11. The SMILES string of the molecule is CN=C(NCc1ccc(OC)cc1)NCc1ccc(C(=O)N2CCNC(=O)C2)cc1.I. The minimum atomic E-state index is -0.124. The van der Waals surface area contributed by atoms with Gasteiger partial charge in [-0.25, -0.2) is 0 Å². The van der Waals surface area contributed by atoms with E-state index in [9.17, 15) is 9.59 Å². The van der Waals surface area contributed by atoms with E-state index in [1.165, 1.54) is 0 Å². The average molecular weight is 537 g/mol. The average Bonchev–Trinajstić information content (AvgIpc) is 2.79. The molecule has 1 saturated heterocycles. The fraction of sp³-hybridized carbons (Fsp3) is 0.318. The van der Waals surface area contributed by atoms with Crippen molar-refractivity contribution in [2.24, 2.45) is 4.99 Å². The molecule has 1 heterocycles. The zero-order valence-corrected chi connectivity index (χ0v) is 20.0. The van der Waals surface area contributed by atoms with E-state index >= 15 is 0 Å². The van der Waals surface area contributed by atoms with Crippen molar-refractivity contribution in [2.45, 2.75) is 13.1 Å². The van der Waals surface area contributed by atoms with Crippen LogP contribution >= 0.6 is 24.0 Å². The van der Waals surface area contributed by atoms with E-state index in [2.05, 4.69) is 20.9 Å². The summed E-state index contributed by atoms with van der Waals surface area (Å²) < 4.78 is 5.17. The van der Waals surface area contributed by atoms with E-state index < -0.39 is 0 Å². The van der Waals surface area contributed by atoms with Crippen molar-refractivity contribution in [1.29, 1.82) is 0 Å². The monoisotopic (exact) mass is 537 g/mol. The minimum Gasteiger partial charge on any atom is -0.497 e. The smallest absolute Gasteiger partial charge is 0.254 e. The zero-order valence-electron chi connectivity index (χ0n) is 17.7. The number of hydrogen-bond acceptors (Lipinski definition) is 4. The van der Waals surface area contributed by atoms with Crippen molar-refractivity contribution in [3.63, 3.8) is 0 Å². The lowest BCUT2D eigenvalue weighted by Gasteiger charge is -2.26. The van der Waals surface area contributed by atoms with Gasteiger partial charge in [-0.05, 0) is 35.4 Å². The maximum absolute atomic E-state index is 12.5. The van der Waals surface area contributed by atoms with Crippen LogP contribution in [0.4, 0.5) is 0 Å². The molecule has 1 fully saturated rings. The first-order chi connectivity index (χ1) is 14.6. The number of aliphatic imine (C=N–C) groups is 1. The third-order valence-corrected chi connectivity index (χ3v) is 4.83. The molecule has 0 radical (unpaired) electrons. The second kappa shape index (κ2) is 12.1. The van der Waals surface area contributed by atoms with Crippen molar-refractivity contribution >= 4 is 41.8 Å². The van der Waals surface area contributed by atoms with Gasteiger partial charge in [0.25, 0.3) is 5.91 Å². The number of methoxy groups -OCH3 is 1. The second-order valence-corrected chi connectivity index (χ2v) is 6.90. The molecule has 0 unspecified atom stereocenters. The molecule has 0 spiro atoms. The number of piperazine rings is 1. The molecule has 0 bridgehead atoms. The molecule has 8 nitrogen and oxygen atoms in total. The van der Waals surface area contributed by atoms with Crippen molar-refractivity contribution in [3.8, 4) is 5.75 Å². The van der Waals surface area contributed by atoms with Crippen LogP contribution in [0.15, 0.2) is 53.5 Å². The summed E-state index contributed by atoms with van der Waals surface area (Å²) in [5.74, 6) is 1.27. The first-order valence-electron chi connectivity index (χ1n) is 9.81. The molecular weight excluding hydrogens is 509 g/mol. The molecule has 3 rings (SSSR count). The zero-order chi connectivity index (χ0) is 21.3. The number of nitrogens with one attached hydrogen (secondary N) is 3. The van der Waals surface area contributed by atoms with Crippen molar-refractivity contribution < 1.29 is 14.3 Å². The fourth-order valence-corrected chi connectivity index (χ4v) is 3.10. The van der Waals surface area contributed by atoms with Gasteiger partial charge in [0.05, 0.1) is 13.7 Å². The molecule has 1 aliphatic heterocycles. The van der Waals surface area contributed by atoms with Crippen LogP contribution in [0.25, 0.3) is 0 Å². The summed E-state index contributed by atoms with van der Waals surface area (Å²) in [5, 5.41) is 9.25.